The molecule has 1 atom stereocenters. The molecule has 0 aliphatic carbocycles. The Morgan fingerprint density at radius 2 is 2.05 bits per heavy atom. The van der Waals surface area contributed by atoms with Crippen molar-refractivity contribution in [1.82, 2.24) is 14.8 Å². The highest BCUT2D eigenvalue weighted by Crippen LogP contribution is 2.24. The van der Waals surface area contributed by atoms with Gasteiger partial charge in [0.05, 0.1) is 18.3 Å². The van der Waals surface area contributed by atoms with Crippen molar-refractivity contribution < 1.29 is 5.11 Å². The van der Waals surface area contributed by atoms with E-state index in [0.717, 1.165) is 28.7 Å². The van der Waals surface area contributed by atoms with Crippen LogP contribution in [0, 0.1) is 6.92 Å². The molecule has 0 fully saturated rings. The van der Waals surface area contributed by atoms with E-state index in [4.69, 9.17) is 5.73 Å². The number of para-hydroxylation sites is 1. The number of aryl methyl sites for hydroxylation is 1. The first kappa shape index (κ1) is 18.0. The summed E-state index contributed by atoms with van der Waals surface area (Å²) in [5, 5.41) is 18.8. The molecule has 0 spiro atoms. The molecule has 0 bridgehead atoms. The lowest BCUT2D eigenvalue weighted by molar-refractivity contribution is 0.195. The van der Waals surface area contributed by atoms with Crippen molar-refractivity contribution in [3.05, 3.63) is 35.7 Å². The first-order chi connectivity index (χ1) is 9.67. The Bertz CT molecular complexity index is 576. The van der Waals surface area contributed by atoms with Crippen LogP contribution in [0.3, 0.4) is 0 Å². The number of aliphatic hydroxyl groups is 1. The van der Waals surface area contributed by atoms with Crippen LogP contribution in [0.2, 0.25) is 0 Å². The SMILES string of the molecule is CCC(O)CSc1nnc(CN)n1-c1ccccc1C.Cl. The third-order valence-corrected chi connectivity index (χ3v) is 4.19. The fourth-order valence-electron chi connectivity index (χ4n) is 1.87. The minimum Gasteiger partial charge on any atom is -0.392 e. The molecule has 0 aliphatic rings. The van der Waals surface area contributed by atoms with Gasteiger partial charge in [-0.05, 0) is 25.0 Å². The summed E-state index contributed by atoms with van der Waals surface area (Å²) in [7, 11) is 0. The number of halogens is 1. The standard InChI is InChI=1S/C14H20N4OS.ClH/c1-3-11(19)9-20-14-17-16-13(8-15)18(14)12-7-5-4-6-10(12)2;/h4-7,11,19H,3,8-9,15H2,1-2H3;1H. The number of nitrogens with zero attached hydrogens (tertiary/aromatic N) is 3. The Hall–Kier alpha value is -1.08. The van der Waals surface area contributed by atoms with Crippen LogP contribution in [0.4, 0.5) is 0 Å². The largest absolute Gasteiger partial charge is 0.392 e. The van der Waals surface area contributed by atoms with Crippen molar-refractivity contribution in [2.24, 2.45) is 5.73 Å². The molecule has 3 N–H and O–H groups in total. The van der Waals surface area contributed by atoms with Crippen molar-refractivity contribution in [2.75, 3.05) is 5.75 Å². The Morgan fingerprint density at radius 1 is 1.33 bits per heavy atom. The van der Waals surface area contributed by atoms with E-state index in [1.165, 1.54) is 11.8 Å². The molecule has 1 aromatic carbocycles. The van der Waals surface area contributed by atoms with Crippen LogP contribution >= 0.6 is 24.2 Å². The summed E-state index contributed by atoms with van der Waals surface area (Å²) in [4.78, 5) is 0. The van der Waals surface area contributed by atoms with Crippen molar-refractivity contribution in [1.29, 1.82) is 0 Å². The van der Waals surface area contributed by atoms with Crippen LogP contribution in [0.15, 0.2) is 29.4 Å². The van der Waals surface area contributed by atoms with E-state index < -0.39 is 0 Å². The lowest BCUT2D eigenvalue weighted by Gasteiger charge is -2.12. The molecule has 2 rings (SSSR count). The number of hydrogen-bond acceptors (Lipinski definition) is 5. The first-order valence-corrected chi connectivity index (χ1v) is 7.67. The number of benzene rings is 1. The molecule has 0 aliphatic heterocycles. The number of rotatable bonds is 6. The van der Waals surface area contributed by atoms with Crippen molar-refractivity contribution in [3.8, 4) is 5.69 Å². The number of hydrogen-bond donors (Lipinski definition) is 2. The monoisotopic (exact) mass is 328 g/mol. The van der Waals surface area contributed by atoms with Gasteiger partial charge in [0.1, 0.15) is 0 Å². The van der Waals surface area contributed by atoms with Crippen LogP contribution in [-0.2, 0) is 6.54 Å². The molecule has 1 aromatic heterocycles. The minimum absolute atomic E-state index is 0. The van der Waals surface area contributed by atoms with Crippen LogP contribution < -0.4 is 5.73 Å². The predicted octanol–water partition coefficient (Wildman–Crippen LogP) is 2.32. The zero-order valence-electron chi connectivity index (χ0n) is 12.2. The maximum atomic E-state index is 9.70. The molecule has 5 nitrogen and oxygen atoms in total. The van der Waals surface area contributed by atoms with E-state index in [0.29, 0.717) is 12.3 Å². The highest BCUT2D eigenvalue weighted by Gasteiger charge is 2.15. The fraction of sp³-hybridized carbons (Fsp3) is 0.429. The molecular weight excluding hydrogens is 308 g/mol. The van der Waals surface area contributed by atoms with Crippen molar-refractivity contribution in [2.45, 2.75) is 38.1 Å². The van der Waals surface area contributed by atoms with E-state index in [1.807, 2.05) is 42.7 Å². The van der Waals surface area contributed by atoms with Gasteiger partial charge in [-0.2, -0.15) is 0 Å². The topological polar surface area (TPSA) is 77.0 Å². The lowest BCUT2D eigenvalue weighted by atomic mass is 10.2. The summed E-state index contributed by atoms with van der Waals surface area (Å²) in [5.74, 6) is 1.33. The third kappa shape index (κ3) is 4.20. The van der Waals surface area contributed by atoms with Crippen LogP contribution in [0.1, 0.15) is 24.7 Å². The predicted molar refractivity (Wildman–Crippen MR) is 88.3 cm³/mol. The van der Waals surface area contributed by atoms with E-state index >= 15 is 0 Å². The Labute approximate surface area is 135 Å². The summed E-state index contributed by atoms with van der Waals surface area (Å²) in [6.07, 6.45) is 0.401. The molecule has 1 unspecified atom stereocenters. The number of nitrogens with two attached hydrogens (primary N) is 1. The van der Waals surface area contributed by atoms with E-state index in [-0.39, 0.29) is 18.5 Å². The van der Waals surface area contributed by atoms with Gasteiger partial charge in [-0.25, -0.2) is 0 Å². The summed E-state index contributed by atoms with van der Waals surface area (Å²) >= 11 is 1.50. The Morgan fingerprint density at radius 3 is 2.67 bits per heavy atom. The number of thioether (sulfide) groups is 1. The second kappa shape index (κ2) is 8.38. The number of aromatic nitrogens is 3. The van der Waals surface area contributed by atoms with E-state index in [1.54, 1.807) is 0 Å². The normalized spacial score (nSPS) is 12.0. The molecule has 0 saturated carbocycles. The Kier molecular flexibility index (Phi) is 7.17. The molecule has 7 heteroatoms. The van der Waals surface area contributed by atoms with Gasteiger partial charge >= 0.3 is 0 Å². The van der Waals surface area contributed by atoms with Crippen LogP contribution in [0.5, 0.6) is 0 Å². The molecule has 0 saturated heterocycles. The Balaban J connectivity index is 0.00000220. The van der Waals surface area contributed by atoms with Crippen LogP contribution in [0.25, 0.3) is 5.69 Å². The molecule has 0 amide bonds. The zero-order chi connectivity index (χ0) is 14.5. The highest BCUT2D eigenvalue weighted by molar-refractivity contribution is 7.99. The van der Waals surface area contributed by atoms with Gasteiger partial charge in [0.2, 0.25) is 0 Å². The van der Waals surface area contributed by atoms with Gasteiger partial charge in [-0.1, -0.05) is 36.9 Å². The summed E-state index contributed by atoms with van der Waals surface area (Å²) < 4.78 is 1.97. The maximum absolute atomic E-state index is 9.70. The molecule has 2 aromatic rings. The minimum atomic E-state index is -0.330. The molecule has 1 heterocycles. The summed E-state index contributed by atoms with van der Waals surface area (Å²) in [6.45, 7) is 4.34. The van der Waals surface area contributed by atoms with Gasteiger partial charge in [-0.3, -0.25) is 4.57 Å². The van der Waals surface area contributed by atoms with Gasteiger partial charge in [0.25, 0.3) is 0 Å². The molecular formula is C14H21ClN4OS. The first-order valence-electron chi connectivity index (χ1n) is 6.68. The average molecular weight is 329 g/mol. The number of aliphatic hydroxyl groups excluding tert-OH is 1. The highest BCUT2D eigenvalue weighted by atomic mass is 35.5. The van der Waals surface area contributed by atoms with Crippen molar-refractivity contribution >= 4 is 24.2 Å². The van der Waals surface area contributed by atoms with E-state index in [2.05, 4.69) is 10.2 Å². The van der Waals surface area contributed by atoms with Gasteiger partial charge < -0.3 is 10.8 Å². The second-order valence-corrected chi connectivity index (χ2v) is 5.59. The summed E-state index contributed by atoms with van der Waals surface area (Å²) in [5.41, 5.74) is 7.92. The smallest absolute Gasteiger partial charge is 0.195 e. The molecule has 0 radical (unpaired) electrons. The zero-order valence-corrected chi connectivity index (χ0v) is 13.8. The molecule has 116 valence electrons. The second-order valence-electron chi connectivity index (χ2n) is 4.60. The van der Waals surface area contributed by atoms with Crippen molar-refractivity contribution in [3.63, 3.8) is 0 Å². The third-order valence-electron chi connectivity index (χ3n) is 3.12. The van der Waals surface area contributed by atoms with Gasteiger partial charge in [0.15, 0.2) is 11.0 Å². The average Bonchev–Trinajstić information content (AvgIpc) is 2.88. The van der Waals surface area contributed by atoms with Gasteiger partial charge in [0, 0.05) is 5.75 Å². The fourth-order valence-corrected chi connectivity index (χ4v) is 2.88. The molecule has 21 heavy (non-hydrogen) atoms. The summed E-state index contributed by atoms with van der Waals surface area (Å²) in [6, 6.07) is 8.06. The van der Waals surface area contributed by atoms with Gasteiger partial charge in [-0.15, -0.1) is 22.6 Å². The van der Waals surface area contributed by atoms with E-state index in [9.17, 15) is 5.11 Å². The lowest BCUT2D eigenvalue weighted by Crippen LogP contribution is -2.11. The van der Waals surface area contributed by atoms with Crippen LogP contribution in [-0.4, -0.2) is 31.7 Å². The quantitative estimate of drug-likeness (QED) is 0.796. The maximum Gasteiger partial charge on any atom is 0.195 e.